The normalized spacial score (nSPS) is 24.0. The summed E-state index contributed by atoms with van der Waals surface area (Å²) in [4.78, 5) is 39.5. The van der Waals surface area contributed by atoms with Crippen LogP contribution in [-0.4, -0.2) is 133 Å². The SMILES string of the molecule is CSc1ccc(OC(F)F)c(C2NN(CC(=O)N3CCC(N4CCN(C5CCOCC5)CC4)CC3)C=C2NC(=O)C2=C3N=CC=CN3NC2)c1. The van der Waals surface area contributed by atoms with Crippen LogP contribution < -0.4 is 20.9 Å². The van der Waals surface area contributed by atoms with Crippen LogP contribution in [0.2, 0.25) is 0 Å². The number of allylic oxidation sites excluding steroid dienone is 1. The minimum absolute atomic E-state index is 0.00986. The van der Waals surface area contributed by atoms with E-state index in [9.17, 15) is 18.4 Å². The van der Waals surface area contributed by atoms with Crippen LogP contribution in [-0.2, 0) is 14.3 Å². The summed E-state index contributed by atoms with van der Waals surface area (Å²) in [6.07, 6.45) is 12.8. The van der Waals surface area contributed by atoms with Gasteiger partial charge < -0.3 is 24.7 Å². The molecule has 0 bridgehead atoms. The predicted octanol–water partition coefficient (Wildman–Crippen LogP) is 2.25. The number of fused-ring (bicyclic) bond motifs is 1. The number of ether oxygens (including phenoxy) is 2. The van der Waals surface area contributed by atoms with Crippen molar-refractivity contribution in [3.05, 3.63) is 59.3 Å². The predicted molar refractivity (Wildman–Crippen MR) is 185 cm³/mol. The molecule has 1 atom stereocenters. The summed E-state index contributed by atoms with van der Waals surface area (Å²) >= 11 is 1.46. The fourth-order valence-electron chi connectivity index (χ4n) is 7.63. The van der Waals surface area contributed by atoms with Crippen molar-refractivity contribution in [2.24, 2.45) is 4.99 Å². The number of thioether (sulfide) groups is 1. The molecule has 0 saturated carbocycles. The Bertz CT molecular complexity index is 1540. The third-order valence-corrected chi connectivity index (χ3v) is 11.0. The Labute approximate surface area is 295 Å². The lowest BCUT2D eigenvalue weighted by atomic mass is 10.0. The van der Waals surface area contributed by atoms with Crippen LogP contribution in [0.5, 0.6) is 5.75 Å². The molecule has 3 saturated heterocycles. The standard InChI is InChI=1S/C34H45F2N9O4S/c1-50-25-3-4-29(49-34(35)36)26(19-25)31-28(39-33(47)27-20-38-45-10-2-9-37-32(27)45)21-44(40-31)22-30(46)43-11-5-23(6-12-43)41-13-15-42(16-14-41)24-7-17-48-18-8-24/h2-4,9-10,19,21,23-24,31,34,38,40H,5-8,11-18,20,22H2,1H3,(H,39,47). The van der Waals surface area contributed by atoms with Gasteiger partial charge in [0.05, 0.1) is 17.3 Å². The van der Waals surface area contributed by atoms with E-state index < -0.39 is 12.7 Å². The maximum atomic E-state index is 13.6. The van der Waals surface area contributed by atoms with Crippen LogP contribution in [0.15, 0.2) is 63.7 Å². The molecule has 1 aromatic carbocycles. The largest absolute Gasteiger partial charge is 0.434 e. The molecule has 1 unspecified atom stereocenters. The number of hydrogen-bond donors (Lipinski definition) is 3. The zero-order valence-electron chi connectivity index (χ0n) is 28.2. The Morgan fingerprint density at radius 2 is 1.78 bits per heavy atom. The lowest BCUT2D eigenvalue weighted by Crippen LogP contribution is -2.56. The highest BCUT2D eigenvalue weighted by Gasteiger charge is 2.36. The molecular formula is C34H45F2N9O4S. The molecule has 16 heteroatoms. The molecule has 6 heterocycles. The summed E-state index contributed by atoms with van der Waals surface area (Å²) in [7, 11) is 0. The molecule has 1 aromatic rings. The minimum atomic E-state index is -3.03. The number of halogens is 2. The van der Waals surface area contributed by atoms with Crippen molar-refractivity contribution in [3.8, 4) is 5.75 Å². The number of carbonyl (C=O) groups is 2. The molecular weight excluding hydrogens is 668 g/mol. The number of alkyl halides is 2. The van der Waals surface area contributed by atoms with Gasteiger partial charge in [0.15, 0.2) is 5.82 Å². The molecule has 3 fully saturated rings. The van der Waals surface area contributed by atoms with Crippen LogP contribution in [0, 0.1) is 0 Å². The van der Waals surface area contributed by atoms with Gasteiger partial charge >= 0.3 is 6.61 Å². The summed E-state index contributed by atoms with van der Waals surface area (Å²) in [5, 5.41) is 6.27. The van der Waals surface area contributed by atoms with E-state index in [0.717, 1.165) is 70.0 Å². The average molecular weight is 714 g/mol. The Morgan fingerprint density at radius 1 is 1.06 bits per heavy atom. The first kappa shape index (κ1) is 34.9. The second-order valence-corrected chi connectivity index (χ2v) is 14.0. The van der Waals surface area contributed by atoms with Crippen molar-refractivity contribution in [2.75, 3.05) is 71.8 Å². The third kappa shape index (κ3) is 7.85. The van der Waals surface area contributed by atoms with E-state index >= 15 is 0 Å². The monoisotopic (exact) mass is 713 g/mol. The van der Waals surface area contributed by atoms with E-state index in [1.165, 1.54) is 17.8 Å². The maximum absolute atomic E-state index is 13.6. The Kier molecular flexibility index (Phi) is 11.0. The first-order valence-electron chi connectivity index (χ1n) is 17.3. The molecule has 50 heavy (non-hydrogen) atoms. The van der Waals surface area contributed by atoms with E-state index in [1.54, 1.807) is 46.8 Å². The number of piperazine rings is 1. The summed E-state index contributed by atoms with van der Waals surface area (Å²) in [6.45, 7) is 4.58. The summed E-state index contributed by atoms with van der Waals surface area (Å²) in [5.41, 5.74) is 7.62. The number of hydrogen-bond acceptors (Lipinski definition) is 12. The highest BCUT2D eigenvalue weighted by molar-refractivity contribution is 7.98. The van der Waals surface area contributed by atoms with Gasteiger partial charge in [-0.15, -0.1) is 11.8 Å². The van der Waals surface area contributed by atoms with Gasteiger partial charge in [-0.3, -0.25) is 24.4 Å². The molecule has 6 aliphatic rings. The second kappa shape index (κ2) is 15.8. The number of rotatable bonds is 10. The number of hydrazine groups is 2. The van der Waals surface area contributed by atoms with Crippen molar-refractivity contribution in [1.82, 2.24) is 40.9 Å². The zero-order chi connectivity index (χ0) is 34.6. The van der Waals surface area contributed by atoms with Gasteiger partial charge in [0.1, 0.15) is 12.3 Å². The Hall–Kier alpha value is -3.54. The smallest absolute Gasteiger partial charge is 0.387 e. The molecule has 2 amide bonds. The molecule has 0 spiro atoms. The van der Waals surface area contributed by atoms with Crippen molar-refractivity contribution in [3.63, 3.8) is 0 Å². The number of carbonyl (C=O) groups excluding carboxylic acids is 2. The second-order valence-electron chi connectivity index (χ2n) is 13.2. The number of nitrogens with zero attached hydrogens (tertiary/aromatic N) is 6. The van der Waals surface area contributed by atoms with Crippen LogP contribution in [0.4, 0.5) is 8.78 Å². The van der Waals surface area contributed by atoms with Gasteiger partial charge in [0.25, 0.3) is 5.91 Å². The van der Waals surface area contributed by atoms with E-state index in [-0.39, 0.29) is 30.7 Å². The molecule has 270 valence electrons. The van der Waals surface area contributed by atoms with Crippen molar-refractivity contribution in [1.29, 1.82) is 0 Å². The highest BCUT2D eigenvalue weighted by atomic mass is 32.2. The molecule has 6 aliphatic heterocycles. The zero-order valence-corrected chi connectivity index (χ0v) is 29.0. The Balaban J connectivity index is 1.01. The molecule has 3 N–H and O–H groups in total. The minimum Gasteiger partial charge on any atom is -0.434 e. The van der Waals surface area contributed by atoms with Crippen molar-refractivity contribution >= 4 is 29.8 Å². The summed E-state index contributed by atoms with van der Waals surface area (Å²) in [5.74, 6) is 0.0308. The van der Waals surface area contributed by atoms with Gasteiger partial charge in [0.2, 0.25) is 5.91 Å². The quantitative estimate of drug-likeness (QED) is 0.310. The fourth-order valence-corrected chi connectivity index (χ4v) is 8.08. The number of aliphatic imine (C=N–C) groups is 1. The van der Waals surface area contributed by atoms with E-state index in [1.807, 2.05) is 11.2 Å². The molecule has 0 radical (unpaired) electrons. The lowest BCUT2D eigenvalue weighted by molar-refractivity contribution is -0.134. The van der Waals surface area contributed by atoms with Crippen LogP contribution >= 0.6 is 11.8 Å². The fraction of sp³-hybridized carbons (Fsp3) is 0.559. The number of nitrogens with one attached hydrogen (secondary N) is 3. The third-order valence-electron chi connectivity index (χ3n) is 10.3. The van der Waals surface area contributed by atoms with Gasteiger partial charge in [-0.25, -0.2) is 15.8 Å². The first-order chi connectivity index (χ1) is 24.4. The first-order valence-corrected chi connectivity index (χ1v) is 18.6. The van der Waals surface area contributed by atoms with Gasteiger partial charge in [-0.2, -0.15) is 8.78 Å². The van der Waals surface area contributed by atoms with E-state index in [2.05, 4.69) is 31.0 Å². The maximum Gasteiger partial charge on any atom is 0.387 e. The average Bonchev–Trinajstić information content (AvgIpc) is 3.76. The number of piperidine rings is 1. The van der Waals surface area contributed by atoms with Gasteiger partial charge in [-0.1, -0.05) is 0 Å². The number of amides is 2. The van der Waals surface area contributed by atoms with Gasteiger partial charge in [0, 0.05) is 100 Å². The molecule has 13 nitrogen and oxygen atoms in total. The molecule has 0 aromatic heterocycles. The Morgan fingerprint density at radius 3 is 2.48 bits per heavy atom. The van der Waals surface area contributed by atoms with Crippen LogP contribution in [0.3, 0.4) is 0 Å². The van der Waals surface area contributed by atoms with E-state index in [0.29, 0.717) is 47.8 Å². The molecule has 7 rings (SSSR count). The van der Waals surface area contributed by atoms with Gasteiger partial charge in [-0.05, 0) is 56.2 Å². The highest BCUT2D eigenvalue weighted by Crippen LogP contribution is 2.36. The van der Waals surface area contributed by atoms with Crippen molar-refractivity contribution in [2.45, 2.75) is 55.3 Å². The number of benzene rings is 1. The van der Waals surface area contributed by atoms with Crippen LogP contribution in [0.1, 0.15) is 37.3 Å². The van der Waals surface area contributed by atoms with Crippen molar-refractivity contribution < 1.29 is 27.8 Å². The number of likely N-dealkylation sites (tertiary alicyclic amines) is 1. The summed E-state index contributed by atoms with van der Waals surface area (Å²) < 4.78 is 37.4. The lowest BCUT2D eigenvalue weighted by Gasteiger charge is -2.45. The topological polar surface area (TPSA) is 117 Å². The van der Waals surface area contributed by atoms with E-state index in [4.69, 9.17) is 9.47 Å². The summed E-state index contributed by atoms with van der Waals surface area (Å²) in [6, 6.07) is 5.31. The molecule has 0 aliphatic carbocycles. The van der Waals surface area contributed by atoms with Crippen LogP contribution in [0.25, 0.3) is 0 Å².